The number of pyridine rings is 2. The molecule has 8 nitrogen and oxygen atoms in total. The zero-order valence-electron chi connectivity index (χ0n) is 15.3. The minimum atomic E-state index is -1.31. The molecule has 1 saturated carbocycles. The van der Waals surface area contributed by atoms with Crippen molar-refractivity contribution < 1.29 is 14.3 Å². The average Bonchev–Trinajstić information content (AvgIpc) is 2.71. The summed E-state index contributed by atoms with van der Waals surface area (Å²) in [6, 6.07) is 10.2. The summed E-state index contributed by atoms with van der Waals surface area (Å²) in [7, 11) is 0. The molecule has 0 unspecified atom stereocenters. The first-order valence-corrected chi connectivity index (χ1v) is 9.06. The summed E-state index contributed by atoms with van der Waals surface area (Å²) in [5.41, 5.74) is 0.275. The van der Waals surface area contributed by atoms with Crippen LogP contribution < -0.4 is 10.9 Å². The van der Waals surface area contributed by atoms with E-state index in [2.05, 4.69) is 25.5 Å². The van der Waals surface area contributed by atoms with E-state index in [0.29, 0.717) is 36.5 Å². The molecule has 1 aliphatic rings. The minimum absolute atomic E-state index is 0.366. The van der Waals surface area contributed by atoms with Gasteiger partial charge in [0.25, 0.3) is 5.56 Å². The van der Waals surface area contributed by atoms with E-state index in [-0.39, 0.29) is 11.0 Å². The van der Waals surface area contributed by atoms with Gasteiger partial charge in [0.15, 0.2) is 0 Å². The van der Waals surface area contributed by atoms with Crippen molar-refractivity contribution in [1.29, 1.82) is 0 Å². The molecule has 3 aromatic rings. The molecule has 0 aromatic carbocycles. The molecule has 4 rings (SSSR count). The van der Waals surface area contributed by atoms with Gasteiger partial charge >= 0.3 is 5.97 Å². The molecule has 0 amide bonds. The van der Waals surface area contributed by atoms with E-state index in [9.17, 15) is 14.0 Å². The highest BCUT2D eigenvalue weighted by Gasteiger charge is 2.46. The number of hydrogen-bond donors (Lipinski definition) is 3. The fraction of sp³-hybridized carbons (Fsp3) is 0.250. The normalized spacial score (nSPS) is 20.7. The first-order chi connectivity index (χ1) is 14.0. The van der Waals surface area contributed by atoms with Gasteiger partial charge in [0.05, 0.1) is 5.69 Å². The lowest BCUT2D eigenvalue weighted by atomic mass is 9.65. The van der Waals surface area contributed by atoms with Gasteiger partial charge < -0.3 is 15.4 Å². The molecule has 3 aromatic heterocycles. The van der Waals surface area contributed by atoms with Gasteiger partial charge in [-0.2, -0.15) is 0 Å². The molecule has 1 aliphatic carbocycles. The fourth-order valence-corrected chi connectivity index (χ4v) is 3.54. The number of aromatic carboxylic acids is 1. The molecule has 1 fully saturated rings. The molecule has 0 saturated heterocycles. The molecule has 29 heavy (non-hydrogen) atoms. The first kappa shape index (κ1) is 18.7. The van der Waals surface area contributed by atoms with Crippen LogP contribution in [0.15, 0.2) is 53.6 Å². The maximum atomic E-state index is 13.6. The standard InChI is InChI=1S/C20H18FN5O3/c21-13-8-20(9-13,16-3-1-2-6-22-16)11-24-17-5-4-15(25-26-17)12-7-14(19(28)29)18(27)23-10-12/h1-7,10,13H,8-9,11H2,(H,23,27)(H,24,26)(H,28,29). The van der Waals surface area contributed by atoms with Gasteiger partial charge in [-0.1, -0.05) is 6.07 Å². The molecule has 0 aliphatic heterocycles. The van der Waals surface area contributed by atoms with E-state index in [1.807, 2.05) is 18.2 Å². The second kappa shape index (κ2) is 7.42. The lowest BCUT2D eigenvalue weighted by Gasteiger charge is -2.43. The van der Waals surface area contributed by atoms with Crippen molar-refractivity contribution in [3.05, 3.63) is 70.4 Å². The molecular formula is C20H18FN5O3. The zero-order chi connectivity index (χ0) is 20.4. The number of hydrogen-bond acceptors (Lipinski definition) is 6. The maximum absolute atomic E-state index is 13.6. The third-order valence-corrected chi connectivity index (χ3v) is 5.13. The van der Waals surface area contributed by atoms with E-state index in [1.165, 1.54) is 12.3 Å². The van der Waals surface area contributed by atoms with Crippen LogP contribution in [0.2, 0.25) is 0 Å². The highest BCUT2D eigenvalue weighted by atomic mass is 19.1. The Hall–Kier alpha value is -3.62. The Kier molecular flexibility index (Phi) is 4.79. The number of carboxylic acids is 1. The number of H-pyrrole nitrogens is 1. The van der Waals surface area contributed by atoms with E-state index < -0.39 is 17.7 Å². The second-order valence-corrected chi connectivity index (χ2v) is 7.09. The van der Waals surface area contributed by atoms with Crippen molar-refractivity contribution in [2.45, 2.75) is 24.4 Å². The SMILES string of the molecule is O=C(O)c1cc(-c2ccc(NCC3(c4ccccn4)CC(F)C3)nn2)c[nH]c1=O. The van der Waals surface area contributed by atoms with Gasteiger partial charge in [-0.15, -0.1) is 10.2 Å². The third-order valence-electron chi connectivity index (χ3n) is 5.13. The van der Waals surface area contributed by atoms with Crippen molar-refractivity contribution in [2.24, 2.45) is 0 Å². The quantitative estimate of drug-likeness (QED) is 0.586. The number of aromatic nitrogens is 4. The predicted molar refractivity (Wildman–Crippen MR) is 104 cm³/mol. The van der Waals surface area contributed by atoms with Crippen LogP contribution in [0.5, 0.6) is 0 Å². The van der Waals surface area contributed by atoms with Crippen LogP contribution in [-0.4, -0.2) is 44.0 Å². The number of rotatable bonds is 6. The number of carboxylic acid groups (broad SMARTS) is 1. The number of anilines is 1. The van der Waals surface area contributed by atoms with Crippen LogP contribution in [0.25, 0.3) is 11.3 Å². The van der Waals surface area contributed by atoms with Gasteiger partial charge in [0.1, 0.15) is 17.6 Å². The number of nitrogens with one attached hydrogen (secondary N) is 2. The van der Waals surface area contributed by atoms with Crippen LogP contribution in [0.3, 0.4) is 0 Å². The number of carbonyl (C=O) groups is 1. The van der Waals surface area contributed by atoms with Crippen LogP contribution in [0, 0.1) is 0 Å². The molecule has 0 spiro atoms. The average molecular weight is 395 g/mol. The van der Waals surface area contributed by atoms with Crippen molar-refractivity contribution in [3.63, 3.8) is 0 Å². The van der Waals surface area contributed by atoms with Crippen LogP contribution in [0.1, 0.15) is 28.9 Å². The Bertz CT molecular complexity index is 1080. The molecule has 148 valence electrons. The van der Waals surface area contributed by atoms with E-state index in [0.717, 1.165) is 5.69 Å². The van der Waals surface area contributed by atoms with Crippen LogP contribution >= 0.6 is 0 Å². The number of nitrogens with zero attached hydrogens (tertiary/aromatic N) is 3. The van der Waals surface area contributed by atoms with Crippen molar-refractivity contribution in [2.75, 3.05) is 11.9 Å². The Morgan fingerprint density at radius 1 is 1.28 bits per heavy atom. The number of aromatic amines is 1. The summed E-state index contributed by atoms with van der Waals surface area (Å²) in [4.78, 5) is 29.4. The van der Waals surface area contributed by atoms with Gasteiger partial charge in [0.2, 0.25) is 0 Å². The first-order valence-electron chi connectivity index (χ1n) is 9.06. The van der Waals surface area contributed by atoms with Gasteiger partial charge in [-0.05, 0) is 43.2 Å². The Balaban J connectivity index is 1.50. The minimum Gasteiger partial charge on any atom is -0.477 e. The van der Waals surface area contributed by atoms with Crippen LogP contribution in [-0.2, 0) is 5.41 Å². The van der Waals surface area contributed by atoms with Gasteiger partial charge in [-0.3, -0.25) is 9.78 Å². The van der Waals surface area contributed by atoms with Crippen LogP contribution in [0.4, 0.5) is 10.2 Å². The highest BCUT2D eigenvalue weighted by Crippen LogP contribution is 2.44. The highest BCUT2D eigenvalue weighted by molar-refractivity contribution is 5.88. The summed E-state index contributed by atoms with van der Waals surface area (Å²) in [5, 5.41) is 20.5. The largest absolute Gasteiger partial charge is 0.477 e. The smallest absolute Gasteiger partial charge is 0.341 e. The van der Waals surface area contributed by atoms with Gasteiger partial charge in [0, 0.05) is 35.6 Å². The number of alkyl halides is 1. The maximum Gasteiger partial charge on any atom is 0.341 e. The summed E-state index contributed by atoms with van der Waals surface area (Å²) in [5.74, 6) is -0.805. The Morgan fingerprint density at radius 3 is 2.72 bits per heavy atom. The molecule has 0 atom stereocenters. The van der Waals surface area contributed by atoms with Gasteiger partial charge in [-0.25, -0.2) is 9.18 Å². The van der Waals surface area contributed by atoms with Crippen molar-refractivity contribution in [1.82, 2.24) is 20.2 Å². The summed E-state index contributed by atoms with van der Waals surface area (Å²) in [6.45, 7) is 0.472. The predicted octanol–water partition coefficient (Wildman–Crippen LogP) is 2.41. The van der Waals surface area contributed by atoms with Crippen molar-refractivity contribution in [3.8, 4) is 11.3 Å². The van der Waals surface area contributed by atoms with E-state index >= 15 is 0 Å². The molecule has 0 bridgehead atoms. The van der Waals surface area contributed by atoms with Crippen molar-refractivity contribution >= 4 is 11.8 Å². The van der Waals surface area contributed by atoms with E-state index in [4.69, 9.17) is 5.11 Å². The monoisotopic (exact) mass is 395 g/mol. The molecule has 3 N–H and O–H groups in total. The molecule has 9 heteroatoms. The number of halogens is 1. The Morgan fingerprint density at radius 2 is 2.10 bits per heavy atom. The van der Waals surface area contributed by atoms with E-state index in [1.54, 1.807) is 18.3 Å². The molecule has 3 heterocycles. The lowest BCUT2D eigenvalue weighted by molar-refractivity contribution is 0.0695. The Labute approximate surface area is 164 Å². The zero-order valence-corrected chi connectivity index (χ0v) is 15.3. The second-order valence-electron chi connectivity index (χ2n) is 7.09. The summed E-state index contributed by atoms with van der Waals surface area (Å²) < 4.78 is 13.6. The molecular weight excluding hydrogens is 377 g/mol. The summed E-state index contributed by atoms with van der Waals surface area (Å²) >= 11 is 0. The molecule has 0 radical (unpaired) electrons. The summed E-state index contributed by atoms with van der Waals surface area (Å²) in [6.07, 6.45) is 3.05. The fourth-order valence-electron chi connectivity index (χ4n) is 3.54. The third kappa shape index (κ3) is 3.71. The lowest BCUT2D eigenvalue weighted by Crippen LogP contribution is -2.48. The topological polar surface area (TPSA) is 121 Å².